The van der Waals surface area contributed by atoms with Crippen molar-refractivity contribution < 1.29 is 61.0 Å². The Hall–Kier alpha value is -1.16. The zero-order chi connectivity index (χ0) is 23.9. The lowest BCUT2D eigenvalue weighted by Crippen LogP contribution is -2.35. The SMILES string of the molecule is COP(=O)(O)OP(=O)(O)OCC1OC(n2cnc3c(C)ncnc32)C(O)C1OP(=O)(O)O. The molecule has 20 heteroatoms. The number of aliphatic hydroxyl groups is 1. The van der Waals surface area contributed by atoms with E-state index in [9.17, 15) is 33.5 Å². The number of ether oxygens (including phenoxy) is 1. The third kappa shape index (κ3) is 5.85. The van der Waals surface area contributed by atoms with Crippen LogP contribution < -0.4 is 0 Å². The summed E-state index contributed by atoms with van der Waals surface area (Å²) in [4.78, 5) is 49.2. The Bertz CT molecular complexity index is 1120. The lowest BCUT2D eigenvalue weighted by Gasteiger charge is -2.21. The van der Waals surface area contributed by atoms with Gasteiger partial charge in [0.25, 0.3) is 0 Å². The Balaban J connectivity index is 1.85. The van der Waals surface area contributed by atoms with Gasteiger partial charge < -0.3 is 29.4 Å². The molecule has 0 bridgehead atoms. The number of phosphoric ester groups is 3. The van der Waals surface area contributed by atoms with Crippen LogP contribution in [0.25, 0.3) is 11.2 Å². The van der Waals surface area contributed by atoms with Crippen molar-refractivity contribution in [3.63, 3.8) is 0 Å². The zero-order valence-corrected chi connectivity index (χ0v) is 19.0. The van der Waals surface area contributed by atoms with Gasteiger partial charge in [-0.2, -0.15) is 4.31 Å². The average molecular weight is 520 g/mol. The van der Waals surface area contributed by atoms with Crippen molar-refractivity contribution in [3.8, 4) is 0 Å². The molecule has 3 rings (SSSR count). The van der Waals surface area contributed by atoms with E-state index in [0.29, 0.717) is 11.2 Å². The van der Waals surface area contributed by atoms with Gasteiger partial charge in [0.15, 0.2) is 11.9 Å². The molecule has 0 radical (unpaired) electrons. The summed E-state index contributed by atoms with van der Waals surface area (Å²) in [6.45, 7) is 0.707. The first kappa shape index (κ1) is 25.5. The highest BCUT2D eigenvalue weighted by atomic mass is 31.3. The quantitative estimate of drug-likeness (QED) is 0.268. The molecule has 32 heavy (non-hydrogen) atoms. The van der Waals surface area contributed by atoms with Gasteiger partial charge in [-0.25, -0.2) is 28.6 Å². The Labute approximate surface area is 179 Å². The number of imidazole rings is 1. The van der Waals surface area contributed by atoms with E-state index in [1.165, 1.54) is 17.2 Å². The third-order valence-electron chi connectivity index (χ3n) is 4.22. The number of fused-ring (bicyclic) bond motifs is 1. The first-order valence-corrected chi connectivity index (χ1v) is 13.0. The number of hydrogen-bond donors (Lipinski definition) is 5. The van der Waals surface area contributed by atoms with Gasteiger partial charge in [-0.05, 0) is 6.92 Å². The number of aryl methyl sites for hydroxylation is 1. The van der Waals surface area contributed by atoms with Gasteiger partial charge in [0, 0.05) is 7.11 Å². The molecule has 3 heterocycles. The molecule has 2 aromatic rings. The van der Waals surface area contributed by atoms with Crippen LogP contribution in [0.3, 0.4) is 0 Å². The van der Waals surface area contributed by atoms with Crippen LogP contribution >= 0.6 is 23.5 Å². The van der Waals surface area contributed by atoms with Crippen molar-refractivity contribution in [2.24, 2.45) is 0 Å². The molecule has 0 aliphatic carbocycles. The summed E-state index contributed by atoms with van der Waals surface area (Å²) < 4.78 is 58.6. The van der Waals surface area contributed by atoms with Crippen LogP contribution in [0.4, 0.5) is 0 Å². The molecule has 0 amide bonds. The maximum absolute atomic E-state index is 11.9. The van der Waals surface area contributed by atoms with Crippen molar-refractivity contribution in [1.29, 1.82) is 0 Å². The third-order valence-corrected chi connectivity index (χ3v) is 7.33. The summed E-state index contributed by atoms with van der Waals surface area (Å²) >= 11 is 0. The standard InChI is InChI=1S/C12H19N4O13P3/c1-6-8-11(14-4-13-6)16(5-15-8)12-9(17)10(28-30(18,19)20)7(27-12)3-26-32(23,24)29-31(21,22)25-2/h4-5,7,9-10,12,17H,3H2,1-2H3,(H,21,22)(H,23,24)(H2,18,19,20). The maximum atomic E-state index is 11.9. The van der Waals surface area contributed by atoms with E-state index in [1.807, 2.05) is 0 Å². The molecular weight excluding hydrogens is 501 g/mol. The smallest absolute Gasteiger partial charge is 0.386 e. The van der Waals surface area contributed by atoms with Gasteiger partial charge in [0.1, 0.15) is 30.2 Å². The fourth-order valence-corrected chi connectivity index (χ4v) is 5.29. The van der Waals surface area contributed by atoms with Gasteiger partial charge in [0.2, 0.25) is 0 Å². The molecule has 2 aromatic heterocycles. The van der Waals surface area contributed by atoms with Crippen LogP contribution in [0.2, 0.25) is 0 Å². The molecule has 180 valence electrons. The Kier molecular flexibility index (Phi) is 7.35. The molecule has 0 saturated carbocycles. The van der Waals surface area contributed by atoms with Gasteiger partial charge in [-0.15, -0.1) is 0 Å². The molecule has 1 aliphatic rings. The molecule has 0 spiro atoms. The summed E-state index contributed by atoms with van der Waals surface area (Å²) in [5.41, 5.74) is 1.09. The Morgan fingerprint density at radius 3 is 2.44 bits per heavy atom. The predicted molar refractivity (Wildman–Crippen MR) is 101 cm³/mol. The molecule has 6 atom stereocenters. The second-order valence-corrected chi connectivity index (χ2v) is 10.7. The minimum absolute atomic E-state index is 0.218. The highest BCUT2D eigenvalue weighted by Crippen LogP contribution is 2.60. The Morgan fingerprint density at radius 2 is 1.81 bits per heavy atom. The number of aromatic nitrogens is 4. The summed E-state index contributed by atoms with van der Waals surface area (Å²) in [7, 11) is -14.5. The number of nitrogens with zero attached hydrogens (tertiary/aromatic N) is 4. The van der Waals surface area contributed by atoms with Crippen LogP contribution in [-0.4, -0.2) is 76.2 Å². The molecule has 1 saturated heterocycles. The number of hydrogen-bond acceptors (Lipinski definition) is 12. The van der Waals surface area contributed by atoms with Gasteiger partial charge in [-0.3, -0.25) is 18.1 Å². The monoisotopic (exact) mass is 520 g/mol. The maximum Gasteiger partial charge on any atom is 0.481 e. The Morgan fingerprint density at radius 1 is 1.12 bits per heavy atom. The molecule has 6 unspecified atom stereocenters. The second-order valence-electron chi connectivity index (χ2n) is 6.40. The van der Waals surface area contributed by atoms with Crippen molar-refractivity contribution in [2.45, 2.75) is 31.5 Å². The summed E-state index contributed by atoms with van der Waals surface area (Å²) in [6, 6.07) is 0. The highest BCUT2D eigenvalue weighted by molar-refractivity contribution is 7.61. The van der Waals surface area contributed by atoms with E-state index in [-0.39, 0.29) is 5.65 Å². The van der Waals surface area contributed by atoms with Crippen molar-refractivity contribution in [3.05, 3.63) is 18.3 Å². The lowest BCUT2D eigenvalue weighted by atomic mass is 10.1. The molecule has 17 nitrogen and oxygen atoms in total. The van der Waals surface area contributed by atoms with Crippen LogP contribution in [0.15, 0.2) is 12.7 Å². The fraction of sp³-hybridized carbons (Fsp3) is 0.583. The molecule has 0 aromatic carbocycles. The van der Waals surface area contributed by atoms with E-state index < -0.39 is 54.6 Å². The first-order valence-electron chi connectivity index (χ1n) is 8.52. The van der Waals surface area contributed by atoms with Gasteiger partial charge in [0.05, 0.1) is 18.6 Å². The summed E-state index contributed by atoms with van der Waals surface area (Å²) in [5.74, 6) is 0. The predicted octanol–water partition coefficient (Wildman–Crippen LogP) is -0.249. The molecule has 1 fully saturated rings. The van der Waals surface area contributed by atoms with E-state index in [4.69, 9.17) is 9.63 Å². The molecular formula is C12H19N4O13P3. The van der Waals surface area contributed by atoms with Crippen LogP contribution in [-0.2, 0) is 36.3 Å². The number of phosphoric acid groups is 3. The largest absolute Gasteiger partial charge is 0.481 e. The van der Waals surface area contributed by atoms with Crippen LogP contribution in [0.5, 0.6) is 0 Å². The average Bonchev–Trinajstić information content (AvgIpc) is 3.21. The first-order chi connectivity index (χ1) is 14.7. The fourth-order valence-electron chi connectivity index (χ4n) is 2.88. The number of aliphatic hydroxyl groups excluding tert-OH is 1. The van der Waals surface area contributed by atoms with Gasteiger partial charge in [-0.1, -0.05) is 0 Å². The van der Waals surface area contributed by atoms with E-state index in [2.05, 4.69) is 32.8 Å². The van der Waals surface area contributed by atoms with Crippen LogP contribution in [0, 0.1) is 6.92 Å². The summed E-state index contributed by atoms with van der Waals surface area (Å²) in [6.07, 6.45) is -3.94. The topological polar surface area (TPSA) is 242 Å². The normalized spacial score (nSPS) is 28.0. The van der Waals surface area contributed by atoms with E-state index in [1.54, 1.807) is 6.92 Å². The molecule has 5 N–H and O–H groups in total. The van der Waals surface area contributed by atoms with E-state index in [0.717, 1.165) is 7.11 Å². The number of rotatable bonds is 9. The molecule has 1 aliphatic heterocycles. The van der Waals surface area contributed by atoms with Crippen molar-refractivity contribution in [1.82, 2.24) is 19.5 Å². The zero-order valence-electron chi connectivity index (χ0n) is 16.3. The second kappa shape index (κ2) is 9.24. The summed E-state index contributed by atoms with van der Waals surface area (Å²) in [5, 5.41) is 10.6. The minimum atomic E-state index is -5.20. The lowest BCUT2D eigenvalue weighted by molar-refractivity contribution is -0.0502. The highest BCUT2D eigenvalue weighted by Gasteiger charge is 2.50. The van der Waals surface area contributed by atoms with Crippen LogP contribution in [0.1, 0.15) is 11.9 Å². The van der Waals surface area contributed by atoms with Gasteiger partial charge >= 0.3 is 23.5 Å². The van der Waals surface area contributed by atoms with Crippen molar-refractivity contribution in [2.75, 3.05) is 13.7 Å². The minimum Gasteiger partial charge on any atom is -0.386 e. The van der Waals surface area contributed by atoms with Crippen molar-refractivity contribution >= 4 is 34.6 Å². The van der Waals surface area contributed by atoms with E-state index >= 15 is 0 Å².